The zero-order valence-electron chi connectivity index (χ0n) is 10.5. The zero-order chi connectivity index (χ0) is 13.8. The van der Waals surface area contributed by atoms with Gasteiger partial charge in [0.15, 0.2) is 6.10 Å². The van der Waals surface area contributed by atoms with Crippen LogP contribution in [0.2, 0.25) is 0 Å². The summed E-state index contributed by atoms with van der Waals surface area (Å²) in [5, 5.41) is 10.00. The number of hydrogen-bond acceptors (Lipinski definition) is 2. The number of carbonyl (C=O) groups excluding carboxylic acids is 1. The summed E-state index contributed by atoms with van der Waals surface area (Å²) in [7, 11) is 1.59. The predicted molar refractivity (Wildman–Crippen MR) is 71.2 cm³/mol. The van der Waals surface area contributed by atoms with Gasteiger partial charge in [0.05, 0.1) is 0 Å². The van der Waals surface area contributed by atoms with Crippen molar-refractivity contribution in [1.29, 1.82) is 0 Å². The molecule has 0 bridgehead atoms. The Kier molecular flexibility index (Phi) is 3.92. The number of halogens is 1. The number of anilines is 1. The second-order valence-corrected chi connectivity index (χ2v) is 4.19. The average molecular weight is 259 g/mol. The Morgan fingerprint density at radius 2 is 1.68 bits per heavy atom. The number of carbonyl (C=O) groups is 1. The molecule has 0 heterocycles. The van der Waals surface area contributed by atoms with E-state index in [-0.39, 0.29) is 0 Å². The van der Waals surface area contributed by atoms with Crippen molar-refractivity contribution in [1.82, 2.24) is 0 Å². The Bertz CT molecular complexity index is 554. The Hall–Kier alpha value is -2.20. The average Bonchev–Trinajstić information content (AvgIpc) is 2.46. The highest BCUT2D eigenvalue weighted by Crippen LogP contribution is 2.19. The fourth-order valence-electron chi connectivity index (χ4n) is 1.75. The van der Waals surface area contributed by atoms with Crippen LogP contribution in [0.4, 0.5) is 10.1 Å². The molecule has 4 heteroatoms. The van der Waals surface area contributed by atoms with Crippen LogP contribution in [-0.2, 0) is 4.79 Å². The van der Waals surface area contributed by atoms with Crippen molar-refractivity contribution in [2.75, 3.05) is 11.9 Å². The van der Waals surface area contributed by atoms with Crippen LogP contribution in [0.1, 0.15) is 11.7 Å². The Balaban J connectivity index is 2.17. The molecule has 3 nitrogen and oxygen atoms in total. The van der Waals surface area contributed by atoms with Crippen molar-refractivity contribution in [3.8, 4) is 0 Å². The summed E-state index contributed by atoms with van der Waals surface area (Å²) in [6.07, 6.45) is -1.30. The van der Waals surface area contributed by atoms with Crippen molar-refractivity contribution in [2.45, 2.75) is 6.10 Å². The molecular formula is C15H14FNO2. The van der Waals surface area contributed by atoms with Crippen LogP contribution >= 0.6 is 0 Å². The van der Waals surface area contributed by atoms with Gasteiger partial charge >= 0.3 is 0 Å². The summed E-state index contributed by atoms with van der Waals surface area (Å²) in [5.41, 5.74) is 1.06. The molecule has 1 N–H and O–H groups in total. The first kappa shape index (κ1) is 13.2. The summed E-state index contributed by atoms with van der Waals surface area (Å²) in [5.74, 6) is -0.863. The molecule has 2 aromatic carbocycles. The van der Waals surface area contributed by atoms with Gasteiger partial charge in [0.2, 0.25) is 0 Å². The number of rotatable bonds is 3. The second-order valence-electron chi connectivity index (χ2n) is 4.19. The monoisotopic (exact) mass is 259 g/mol. The van der Waals surface area contributed by atoms with E-state index in [2.05, 4.69) is 0 Å². The largest absolute Gasteiger partial charge is 0.378 e. The van der Waals surface area contributed by atoms with E-state index in [0.717, 1.165) is 0 Å². The van der Waals surface area contributed by atoms with Crippen LogP contribution in [0, 0.1) is 5.82 Å². The maximum absolute atomic E-state index is 12.8. The smallest absolute Gasteiger partial charge is 0.260 e. The first-order chi connectivity index (χ1) is 9.09. The van der Waals surface area contributed by atoms with Crippen LogP contribution in [0.25, 0.3) is 0 Å². The molecule has 0 saturated carbocycles. The molecule has 0 aliphatic carbocycles. The van der Waals surface area contributed by atoms with Crippen molar-refractivity contribution in [2.24, 2.45) is 0 Å². The summed E-state index contributed by atoms with van der Waals surface area (Å²) in [6.45, 7) is 0. The lowest BCUT2D eigenvalue weighted by Gasteiger charge is -2.20. The fourth-order valence-corrected chi connectivity index (χ4v) is 1.75. The molecule has 2 rings (SSSR count). The number of nitrogens with zero attached hydrogens (tertiary/aromatic N) is 1. The molecule has 1 atom stereocenters. The number of benzene rings is 2. The van der Waals surface area contributed by atoms with Crippen LogP contribution in [0.3, 0.4) is 0 Å². The minimum atomic E-state index is -1.30. The molecule has 0 fully saturated rings. The molecular weight excluding hydrogens is 245 g/mol. The summed E-state index contributed by atoms with van der Waals surface area (Å²) < 4.78 is 12.8. The van der Waals surface area contributed by atoms with Gasteiger partial charge in [0.25, 0.3) is 5.91 Å². The lowest BCUT2D eigenvalue weighted by molar-refractivity contribution is -0.126. The highest BCUT2D eigenvalue weighted by molar-refractivity contribution is 5.96. The summed E-state index contributed by atoms with van der Waals surface area (Å²) in [4.78, 5) is 13.5. The van der Waals surface area contributed by atoms with E-state index in [1.54, 1.807) is 19.2 Å². The van der Waals surface area contributed by atoms with Gasteiger partial charge in [-0.2, -0.15) is 0 Å². The van der Waals surface area contributed by atoms with E-state index < -0.39 is 17.8 Å². The molecule has 0 aromatic heterocycles. The fraction of sp³-hybridized carbons (Fsp3) is 0.133. The van der Waals surface area contributed by atoms with Gasteiger partial charge in [-0.1, -0.05) is 30.3 Å². The molecule has 1 amide bonds. The standard InChI is InChI=1S/C15H14FNO2/c1-17(13-5-3-2-4-6-13)15(19)14(18)11-7-9-12(16)10-8-11/h2-10,14,18H,1H3. The first-order valence-electron chi connectivity index (χ1n) is 5.86. The summed E-state index contributed by atoms with van der Waals surface area (Å²) >= 11 is 0. The Morgan fingerprint density at radius 3 is 2.26 bits per heavy atom. The topological polar surface area (TPSA) is 40.5 Å². The highest BCUT2D eigenvalue weighted by atomic mass is 19.1. The SMILES string of the molecule is CN(C(=O)C(O)c1ccc(F)cc1)c1ccccc1. The van der Waals surface area contributed by atoms with Crippen molar-refractivity contribution >= 4 is 11.6 Å². The van der Waals surface area contributed by atoms with E-state index in [1.807, 2.05) is 18.2 Å². The second kappa shape index (κ2) is 5.63. The van der Waals surface area contributed by atoms with Gasteiger partial charge in [0.1, 0.15) is 5.82 Å². The number of aliphatic hydroxyl groups is 1. The van der Waals surface area contributed by atoms with E-state index in [9.17, 15) is 14.3 Å². The zero-order valence-corrected chi connectivity index (χ0v) is 10.5. The van der Waals surface area contributed by atoms with Crippen molar-refractivity contribution < 1.29 is 14.3 Å². The van der Waals surface area contributed by atoms with Gasteiger partial charge in [-0.15, -0.1) is 0 Å². The number of likely N-dealkylation sites (N-methyl/N-ethyl adjacent to an activating group) is 1. The summed E-state index contributed by atoms with van der Waals surface area (Å²) in [6, 6.07) is 14.2. The molecule has 0 spiro atoms. The Labute approximate surface area is 110 Å². The van der Waals surface area contributed by atoms with E-state index >= 15 is 0 Å². The van der Waals surface area contributed by atoms with Gasteiger partial charge in [0, 0.05) is 12.7 Å². The predicted octanol–water partition coefficient (Wildman–Crippen LogP) is 2.52. The van der Waals surface area contributed by atoms with Gasteiger partial charge < -0.3 is 10.0 Å². The molecule has 0 aliphatic heterocycles. The van der Waals surface area contributed by atoms with E-state index in [4.69, 9.17) is 0 Å². The Morgan fingerprint density at radius 1 is 1.11 bits per heavy atom. The van der Waals surface area contributed by atoms with Crippen LogP contribution < -0.4 is 4.90 Å². The highest BCUT2D eigenvalue weighted by Gasteiger charge is 2.22. The van der Waals surface area contributed by atoms with Crippen LogP contribution in [0.5, 0.6) is 0 Å². The van der Waals surface area contributed by atoms with Crippen LogP contribution in [-0.4, -0.2) is 18.1 Å². The normalized spacial score (nSPS) is 11.9. The molecule has 2 aromatic rings. The number of para-hydroxylation sites is 1. The minimum absolute atomic E-state index is 0.370. The third kappa shape index (κ3) is 2.98. The van der Waals surface area contributed by atoms with Crippen molar-refractivity contribution in [3.05, 3.63) is 66.0 Å². The molecule has 0 saturated heterocycles. The number of aliphatic hydroxyl groups excluding tert-OH is 1. The maximum atomic E-state index is 12.8. The molecule has 1 unspecified atom stereocenters. The number of amides is 1. The lowest BCUT2D eigenvalue weighted by Crippen LogP contribution is -2.31. The first-order valence-corrected chi connectivity index (χ1v) is 5.86. The maximum Gasteiger partial charge on any atom is 0.260 e. The molecule has 0 radical (unpaired) electrons. The van der Waals surface area contributed by atoms with Gasteiger partial charge in [-0.25, -0.2) is 4.39 Å². The number of hydrogen-bond donors (Lipinski definition) is 1. The van der Waals surface area contributed by atoms with E-state index in [0.29, 0.717) is 11.3 Å². The lowest BCUT2D eigenvalue weighted by atomic mass is 10.1. The van der Waals surface area contributed by atoms with Crippen molar-refractivity contribution in [3.63, 3.8) is 0 Å². The van der Waals surface area contributed by atoms with Crippen LogP contribution in [0.15, 0.2) is 54.6 Å². The van der Waals surface area contributed by atoms with Gasteiger partial charge in [-0.05, 0) is 29.8 Å². The molecule has 19 heavy (non-hydrogen) atoms. The minimum Gasteiger partial charge on any atom is -0.378 e. The molecule has 98 valence electrons. The van der Waals surface area contributed by atoms with Gasteiger partial charge in [-0.3, -0.25) is 4.79 Å². The quantitative estimate of drug-likeness (QED) is 0.920. The molecule has 0 aliphatic rings. The third-order valence-electron chi connectivity index (χ3n) is 2.89. The third-order valence-corrected chi connectivity index (χ3v) is 2.89. The van der Waals surface area contributed by atoms with E-state index in [1.165, 1.54) is 29.2 Å².